The van der Waals surface area contributed by atoms with Gasteiger partial charge in [0.25, 0.3) is 5.91 Å². The van der Waals surface area contributed by atoms with Gasteiger partial charge in [0, 0.05) is 11.3 Å². The molecule has 1 aromatic heterocycles. The van der Waals surface area contributed by atoms with Crippen LogP contribution in [0.15, 0.2) is 82.2 Å². The lowest BCUT2D eigenvalue weighted by Crippen LogP contribution is -2.17. The van der Waals surface area contributed by atoms with Crippen LogP contribution in [0.2, 0.25) is 0 Å². The molecule has 7 heteroatoms. The van der Waals surface area contributed by atoms with Gasteiger partial charge in [-0.25, -0.2) is 10.4 Å². The molecule has 0 saturated heterocycles. The summed E-state index contributed by atoms with van der Waals surface area (Å²) in [4.78, 5) is 16.8. The summed E-state index contributed by atoms with van der Waals surface area (Å²) >= 11 is 3.38. The fourth-order valence-electron chi connectivity index (χ4n) is 2.60. The summed E-state index contributed by atoms with van der Waals surface area (Å²) in [5.41, 5.74) is 5.99. The van der Waals surface area contributed by atoms with Gasteiger partial charge in [-0.15, -0.1) is 11.3 Å². The van der Waals surface area contributed by atoms with E-state index in [0.29, 0.717) is 5.56 Å². The second-order valence-electron chi connectivity index (χ2n) is 6.22. The molecule has 29 heavy (non-hydrogen) atoms. The van der Waals surface area contributed by atoms with Gasteiger partial charge in [-0.2, -0.15) is 5.10 Å². The van der Waals surface area contributed by atoms with Gasteiger partial charge in [-0.05, 0) is 59.7 Å². The van der Waals surface area contributed by atoms with Crippen molar-refractivity contribution in [2.75, 3.05) is 0 Å². The molecule has 0 fully saturated rings. The molecule has 0 aliphatic rings. The third kappa shape index (κ3) is 5.01. The summed E-state index contributed by atoms with van der Waals surface area (Å²) in [5, 5.41) is 13.2. The number of hydrazone groups is 1. The highest BCUT2D eigenvalue weighted by Crippen LogP contribution is 2.31. The molecule has 1 heterocycles. The van der Waals surface area contributed by atoms with Gasteiger partial charge in [0.2, 0.25) is 0 Å². The average molecular weight is 420 g/mol. The Bertz CT molecular complexity index is 1120. The van der Waals surface area contributed by atoms with Crippen molar-refractivity contribution in [2.45, 2.75) is 10.1 Å². The number of nitrogens with one attached hydrogen (secondary N) is 1. The van der Waals surface area contributed by atoms with Crippen molar-refractivity contribution in [1.29, 1.82) is 0 Å². The van der Waals surface area contributed by atoms with E-state index >= 15 is 0 Å². The van der Waals surface area contributed by atoms with Crippen LogP contribution in [0, 0.1) is 0 Å². The lowest BCUT2D eigenvalue weighted by Gasteiger charge is -2.03. The Labute approximate surface area is 176 Å². The smallest absolute Gasteiger partial charge is 0.271 e. The van der Waals surface area contributed by atoms with Crippen LogP contribution in [0.4, 0.5) is 0 Å². The second kappa shape index (κ2) is 8.89. The highest BCUT2D eigenvalue weighted by molar-refractivity contribution is 8.00. The van der Waals surface area contributed by atoms with Crippen LogP contribution in [-0.4, -0.2) is 22.2 Å². The van der Waals surface area contributed by atoms with Crippen molar-refractivity contribution < 1.29 is 9.90 Å². The number of phenolic OH excluding ortho intramolecular Hbond substituents is 1. The first-order chi connectivity index (χ1) is 14.2. The minimum Gasteiger partial charge on any atom is -0.508 e. The number of aromatic nitrogens is 1. The van der Waals surface area contributed by atoms with Crippen LogP contribution in [0.3, 0.4) is 0 Å². The zero-order valence-electron chi connectivity index (χ0n) is 15.3. The maximum atomic E-state index is 12.2. The first-order valence-corrected chi connectivity index (χ1v) is 10.7. The zero-order valence-corrected chi connectivity index (χ0v) is 16.9. The fourth-order valence-corrected chi connectivity index (χ4v) is 4.62. The number of benzene rings is 3. The Morgan fingerprint density at radius 1 is 1.07 bits per heavy atom. The Hall–Kier alpha value is -3.16. The minimum atomic E-state index is -0.273. The molecule has 0 radical (unpaired) electrons. The number of aromatic hydroxyl groups is 1. The SMILES string of the molecule is O=C(NN=Cc1ccc(O)cc1)c1ccc(CSc2nc3ccccc3s2)cc1. The topological polar surface area (TPSA) is 74.6 Å². The van der Waals surface area contributed by atoms with Gasteiger partial charge in [0.15, 0.2) is 4.34 Å². The predicted molar refractivity (Wildman–Crippen MR) is 119 cm³/mol. The Kier molecular flexibility index (Phi) is 5.88. The van der Waals surface area contributed by atoms with E-state index in [9.17, 15) is 9.90 Å². The first kappa shape index (κ1) is 19.2. The summed E-state index contributed by atoms with van der Waals surface area (Å²) in [5.74, 6) is 0.707. The maximum Gasteiger partial charge on any atom is 0.271 e. The maximum absolute atomic E-state index is 12.2. The van der Waals surface area contributed by atoms with Gasteiger partial charge in [0.1, 0.15) is 5.75 Å². The Morgan fingerprint density at radius 2 is 1.83 bits per heavy atom. The summed E-state index contributed by atoms with van der Waals surface area (Å²) in [6.07, 6.45) is 1.53. The van der Waals surface area contributed by atoms with E-state index in [1.165, 1.54) is 10.9 Å². The highest BCUT2D eigenvalue weighted by atomic mass is 32.2. The van der Waals surface area contributed by atoms with Crippen molar-refractivity contribution in [1.82, 2.24) is 10.4 Å². The Morgan fingerprint density at radius 3 is 2.59 bits per heavy atom. The molecule has 0 aliphatic heterocycles. The number of carbonyl (C=O) groups excluding carboxylic acids is 1. The molecule has 144 valence electrons. The molecule has 2 N–H and O–H groups in total. The molecule has 1 amide bonds. The lowest BCUT2D eigenvalue weighted by atomic mass is 10.1. The number of fused-ring (bicyclic) bond motifs is 1. The second-order valence-corrected chi connectivity index (χ2v) is 8.48. The van der Waals surface area contributed by atoms with Crippen LogP contribution in [0.5, 0.6) is 5.75 Å². The Balaban J connectivity index is 1.32. The number of nitrogens with zero attached hydrogens (tertiary/aromatic N) is 2. The van der Waals surface area contributed by atoms with Crippen molar-refractivity contribution in [3.8, 4) is 5.75 Å². The van der Waals surface area contributed by atoms with Crippen molar-refractivity contribution in [2.24, 2.45) is 5.10 Å². The number of hydrogen-bond acceptors (Lipinski definition) is 6. The van der Waals surface area contributed by atoms with Gasteiger partial charge in [-0.1, -0.05) is 36.0 Å². The number of hydrogen-bond donors (Lipinski definition) is 2. The molecule has 4 rings (SSSR count). The number of phenols is 1. The molecule has 0 spiro atoms. The summed E-state index contributed by atoms with van der Waals surface area (Å²) < 4.78 is 2.23. The van der Waals surface area contributed by atoms with E-state index in [1.54, 1.807) is 59.5 Å². The average Bonchev–Trinajstić information content (AvgIpc) is 3.17. The molecule has 0 saturated carbocycles. The highest BCUT2D eigenvalue weighted by Gasteiger charge is 2.06. The third-order valence-electron chi connectivity index (χ3n) is 4.13. The van der Waals surface area contributed by atoms with Crippen LogP contribution < -0.4 is 5.43 Å². The normalized spacial score (nSPS) is 11.2. The number of carbonyl (C=O) groups is 1. The standard InChI is InChI=1S/C22H17N3O2S2/c26-18-11-7-15(8-12-18)13-23-25-21(27)17-9-5-16(6-10-17)14-28-22-24-19-3-1-2-4-20(19)29-22/h1-13,26H,14H2,(H,25,27). The molecule has 4 aromatic rings. The monoisotopic (exact) mass is 419 g/mol. The largest absolute Gasteiger partial charge is 0.508 e. The van der Waals surface area contributed by atoms with Crippen LogP contribution in [0.25, 0.3) is 10.2 Å². The fraction of sp³-hybridized carbons (Fsp3) is 0.0455. The molecular formula is C22H17N3O2S2. The van der Waals surface area contributed by atoms with Crippen molar-refractivity contribution in [3.63, 3.8) is 0 Å². The van der Waals surface area contributed by atoms with E-state index < -0.39 is 0 Å². The molecule has 0 aliphatic carbocycles. The van der Waals surface area contributed by atoms with Gasteiger partial charge < -0.3 is 5.11 Å². The summed E-state index contributed by atoms with van der Waals surface area (Å²) in [6, 6.07) is 22.1. The number of thioether (sulfide) groups is 1. The molecule has 0 bridgehead atoms. The van der Waals surface area contributed by atoms with Gasteiger partial charge >= 0.3 is 0 Å². The van der Waals surface area contributed by atoms with Crippen LogP contribution in [-0.2, 0) is 5.75 Å². The van der Waals surface area contributed by atoms with Crippen LogP contribution >= 0.6 is 23.1 Å². The van der Waals surface area contributed by atoms with E-state index in [2.05, 4.69) is 21.6 Å². The number of amides is 1. The molecule has 0 atom stereocenters. The van der Waals surface area contributed by atoms with E-state index in [0.717, 1.165) is 26.7 Å². The summed E-state index contributed by atoms with van der Waals surface area (Å²) in [7, 11) is 0. The molecule has 5 nitrogen and oxygen atoms in total. The van der Waals surface area contributed by atoms with E-state index in [4.69, 9.17) is 0 Å². The van der Waals surface area contributed by atoms with E-state index in [1.807, 2.05) is 30.3 Å². The molecule has 3 aromatic carbocycles. The predicted octanol–water partition coefficient (Wildman–Crippen LogP) is 5.06. The zero-order chi connectivity index (χ0) is 20.1. The number of para-hydroxylation sites is 1. The molecular weight excluding hydrogens is 402 g/mol. The number of thiazole rings is 1. The minimum absolute atomic E-state index is 0.188. The third-order valence-corrected chi connectivity index (χ3v) is 6.38. The van der Waals surface area contributed by atoms with Crippen LogP contribution in [0.1, 0.15) is 21.5 Å². The first-order valence-electron chi connectivity index (χ1n) is 8.87. The quantitative estimate of drug-likeness (QED) is 0.260. The summed E-state index contributed by atoms with van der Waals surface area (Å²) in [6.45, 7) is 0. The lowest BCUT2D eigenvalue weighted by molar-refractivity contribution is 0.0955. The van der Waals surface area contributed by atoms with Crippen molar-refractivity contribution in [3.05, 3.63) is 89.5 Å². The van der Waals surface area contributed by atoms with Gasteiger partial charge in [0.05, 0.1) is 16.4 Å². The number of rotatable bonds is 6. The van der Waals surface area contributed by atoms with Gasteiger partial charge in [-0.3, -0.25) is 4.79 Å². The van der Waals surface area contributed by atoms with Crippen molar-refractivity contribution >= 4 is 45.4 Å². The molecule has 0 unspecified atom stereocenters. The van der Waals surface area contributed by atoms with E-state index in [-0.39, 0.29) is 11.7 Å².